The van der Waals surface area contributed by atoms with Crippen LogP contribution in [-0.4, -0.2) is 78.2 Å². The number of hydrogen-bond acceptors (Lipinski definition) is 12. The highest BCUT2D eigenvalue weighted by Crippen LogP contribution is 2.40. The number of ether oxygens (including phenoxy) is 1. The van der Waals surface area contributed by atoms with Crippen molar-refractivity contribution in [2.24, 2.45) is 5.16 Å². The fourth-order valence-electron chi connectivity index (χ4n) is 3.33. The lowest BCUT2D eigenvalue weighted by molar-refractivity contribution is -0.150. The Kier molecular flexibility index (Phi) is 7.02. The fraction of sp³-hybridized carbons (Fsp3) is 0.316. The molecule has 0 saturated carbocycles. The summed E-state index contributed by atoms with van der Waals surface area (Å²) >= 11 is 2.33. The zero-order valence-electron chi connectivity index (χ0n) is 18.1. The summed E-state index contributed by atoms with van der Waals surface area (Å²) < 4.78 is 4.91. The summed E-state index contributed by atoms with van der Waals surface area (Å²) in [5.41, 5.74) is 5.66. The molecule has 1 fully saturated rings. The van der Waals surface area contributed by atoms with E-state index in [-0.39, 0.29) is 41.2 Å². The number of aromatic nitrogens is 3. The van der Waals surface area contributed by atoms with Crippen molar-refractivity contribution in [2.75, 3.05) is 18.1 Å². The first-order valence-corrected chi connectivity index (χ1v) is 11.9. The van der Waals surface area contributed by atoms with Crippen LogP contribution in [-0.2, 0) is 35.4 Å². The molecule has 2 aliphatic heterocycles. The van der Waals surface area contributed by atoms with Crippen LogP contribution >= 0.6 is 23.1 Å². The van der Waals surface area contributed by atoms with E-state index in [0.717, 1.165) is 16.2 Å². The molecule has 5 N–H and O–H groups in total. The second-order valence-corrected chi connectivity index (χ2v) is 9.21. The summed E-state index contributed by atoms with van der Waals surface area (Å²) in [6, 6.07) is -1.01. The van der Waals surface area contributed by atoms with Gasteiger partial charge in [-0.2, -0.15) is 0 Å². The molecule has 2 amide bonds. The number of aromatic amines is 1. The van der Waals surface area contributed by atoms with Gasteiger partial charge in [-0.3, -0.25) is 19.3 Å². The van der Waals surface area contributed by atoms with Gasteiger partial charge in [0.05, 0.1) is 0 Å². The van der Waals surface area contributed by atoms with E-state index >= 15 is 0 Å². The van der Waals surface area contributed by atoms with Crippen LogP contribution in [0.4, 0.5) is 5.13 Å². The average Bonchev–Trinajstić information content (AvgIpc) is 3.49. The molecule has 16 heteroatoms. The minimum atomic E-state index is -1.33. The van der Waals surface area contributed by atoms with E-state index < -0.39 is 35.2 Å². The second kappa shape index (κ2) is 10.1. The van der Waals surface area contributed by atoms with E-state index in [1.165, 1.54) is 30.3 Å². The van der Waals surface area contributed by atoms with Gasteiger partial charge in [0.1, 0.15) is 35.2 Å². The number of anilines is 1. The molecule has 184 valence electrons. The number of amides is 2. The molecule has 2 aromatic heterocycles. The normalized spacial score (nSPS) is 19.6. The highest BCUT2D eigenvalue weighted by molar-refractivity contribution is 8.00. The molecular weight excluding hydrogens is 502 g/mol. The van der Waals surface area contributed by atoms with Crippen molar-refractivity contribution in [1.82, 2.24) is 25.2 Å². The summed E-state index contributed by atoms with van der Waals surface area (Å²) in [7, 11) is 0. The first-order valence-electron chi connectivity index (χ1n) is 10.00. The Morgan fingerprint density at radius 2 is 2.20 bits per heavy atom. The monoisotopic (exact) mass is 521 g/mol. The van der Waals surface area contributed by atoms with Crippen LogP contribution in [0.5, 0.6) is 0 Å². The lowest BCUT2D eigenvalue weighted by Gasteiger charge is -2.49. The predicted molar refractivity (Wildman–Crippen MR) is 123 cm³/mol. The number of rotatable bonds is 9. The molecule has 35 heavy (non-hydrogen) atoms. The summed E-state index contributed by atoms with van der Waals surface area (Å²) in [5.74, 6) is -2.60. The number of thioether (sulfide) groups is 1. The third-order valence-corrected chi connectivity index (χ3v) is 6.89. The maximum Gasteiger partial charge on any atom is 0.352 e. The molecule has 0 aliphatic carbocycles. The number of nitrogens with one attached hydrogen (secondary N) is 2. The van der Waals surface area contributed by atoms with Crippen molar-refractivity contribution in [3.05, 3.63) is 40.6 Å². The van der Waals surface area contributed by atoms with Crippen LogP contribution < -0.4 is 11.1 Å². The first kappa shape index (κ1) is 24.2. The van der Waals surface area contributed by atoms with Gasteiger partial charge < -0.3 is 30.7 Å². The number of nitrogen functional groups attached to an aromatic ring is 1. The molecule has 14 nitrogen and oxygen atoms in total. The van der Waals surface area contributed by atoms with Crippen molar-refractivity contribution < 1.29 is 33.9 Å². The molecular formula is C19H19N7O7S2. The van der Waals surface area contributed by atoms with E-state index in [1.54, 1.807) is 6.20 Å². The Bertz CT molecular complexity index is 1220. The quantitative estimate of drug-likeness (QED) is 0.146. The Morgan fingerprint density at radius 1 is 1.40 bits per heavy atom. The number of carbonyl (C=O) groups excluding carboxylic acids is 3. The topological polar surface area (TPSA) is 202 Å². The summed E-state index contributed by atoms with van der Waals surface area (Å²) in [6.07, 6.45) is 3.13. The number of hydrogen-bond donors (Lipinski definition) is 4. The Labute approximate surface area is 205 Å². The van der Waals surface area contributed by atoms with Gasteiger partial charge in [0.2, 0.25) is 0 Å². The number of β-lactam (4-membered cyclic amide) rings is 1. The number of nitrogens with zero attached hydrogens (tertiary/aromatic N) is 4. The minimum absolute atomic E-state index is 0.0457. The third-order valence-electron chi connectivity index (χ3n) is 4.88. The lowest BCUT2D eigenvalue weighted by atomic mass is 10.0. The summed E-state index contributed by atoms with van der Waals surface area (Å²) in [4.78, 5) is 66.0. The third kappa shape index (κ3) is 5.12. The number of H-pyrrole nitrogens is 1. The average molecular weight is 522 g/mol. The van der Waals surface area contributed by atoms with E-state index in [2.05, 4.69) is 25.4 Å². The SMILES string of the molecule is CC(=O)OCC1=C(C(=O)O)N2C(=O)[C@@H](NC(=O)/C(=N\OCc3ncc[nH]3)c3csc(N)n3)[C@H]2SC1. The van der Waals surface area contributed by atoms with Gasteiger partial charge in [0.15, 0.2) is 17.5 Å². The van der Waals surface area contributed by atoms with Gasteiger partial charge >= 0.3 is 11.9 Å². The van der Waals surface area contributed by atoms with Crippen molar-refractivity contribution in [3.63, 3.8) is 0 Å². The number of imidazole rings is 1. The molecule has 4 heterocycles. The number of aliphatic carboxylic acids is 1. The highest BCUT2D eigenvalue weighted by atomic mass is 32.2. The van der Waals surface area contributed by atoms with Crippen LogP contribution in [0.1, 0.15) is 18.4 Å². The second-order valence-electron chi connectivity index (χ2n) is 7.22. The smallest absolute Gasteiger partial charge is 0.352 e. The van der Waals surface area contributed by atoms with Gasteiger partial charge in [-0.15, -0.1) is 23.1 Å². The Balaban J connectivity index is 1.49. The zero-order chi connectivity index (χ0) is 25.1. The van der Waals surface area contributed by atoms with Gasteiger partial charge in [-0.1, -0.05) is 5.16 Å². The number of oxime groups is 1. The van der Waals surface area contributed by atoms with Crippen molar-refractivity contribution in [2.45, 2.75) is 24.9 Å². The molecule has 2 aromatic rings. The number of fused-ring (bicyclic) bond motifs is 1. The molecule has 0 aromatic carbocycles. The number of esters is 1. The molecule has 0 spiro atoms. The number of nitrogens with two attached hydrogens (primary N) is 1. The van der Waals surface area contributed by atoms with Crippen LogP contribution in [0.2, 0.25) is 0 Å². The number of carboxylic acid groups (broad SMARTS) is 1. The number of carbonyl (C=O) groups is 4. The fourth-order valence-corrected chi connectivity index (χ4v) is 5.20. The highest BCUT2D eigenvalue weighted by Gasteiger charge is 2.54. The largest absolute Gasteiger partial charge is 0.477 e. The van der Waals surface area contributed by atoms with E-state index in [1.807, 2.05) is 0 Å². The first-order chi connectivity index (χ1) is 16.8. The van der Waals surface area contributed by atoms with Gasteiger partial charge in [0.25, 0.3) is 11.8 Å². The van der Waals surface area contributed by atoms with Crippen molar-refractivity contribution in [1.29, 1.82) is 0 Å². The van der Waals surface area contributed by atoms with Crippen molar-refractivity contribution in [3.8, 4) is 0 Å². The van der Waals surface area contributed by atoms with Gasteiger partial charge in [-0.25, -0.2) is 14.8 Å². The number of thiazole rings is 1. The molecule has 4 rings (SSSR count). The minimum Gasteiger partial charge on any atom is -0.477 e. The van der Waals surface area contributed by atoms with Crippen LogP contribution in [0.15, 0.2) is 34.2 Å². The molecule has 0 unspecified atom stereocenters. The van der Waals surface area contributed by atoms with Crippen LogP contribution in [0.25, 0.3) is 0 Å². The Hall–Kier alpha value is -3.92. The maximum atomic E-state index is 13.0. The van der Waals surface area contributed by atoms with Crippen LogP contribution in [0, 0.1) is 0 Å². The van der Waals surface area contributed by atoms with E-state index in [4.69, 9.17) is 15.3 Å². The van der Waals surface area contributed by atoms with E-state index in [0.29, 0.717) is 11.4 Å². The lowest BCUT2D eigenvalue weighted by Crippen LogP contribution is -2.71. The summed E-state index contributed by atoms with van der Waals surface area (Å²) in [5, 5.41) is 17.2. The summed E-state index contributed by atoms with van der Waals surface area (Å²) in [6.45, 7) is 0.913. The molecule has 0 bridgehead atoms. The molecule has 2 aliphatic rings. The number of carboxylic acids is 1. The van der Waals surface area contributed by atoms with Crippen molar-refractivity contribution >= 4 is 57.7 Å². The zero-order valence-corrected chi connectivity index (χ0v) is 19.7. The van der Waals surface area contributed by atoms with Crippen LogP contribution in [0.3, 0.4) is 0 Å². The molecule has 2 atom stereocenters. The van der Waals surface area contributed by atoms with E-state index in [9.17, 15) is 24.3 Å². The standard InChI is InChI=1S/C19H19N7O7S2/c1-8(27)32-4-9-6-34-17-13(16(29)26(17)14(9)18(30)31)24-15(28)12(10-7-35-19(20)23-10)25-33-5-11-21-2-3-22-11/h2-3,7,13,17H,4-6H2,1H3,(H2,20,23)(H,21,22)(H,24,28)(H,30,31)/b25-12-/t13-,17-/m1/s1. The van der Waals surface area contributed by atoms with Gasteiger partial charge in [0, 0.05) is 36.0 Å². The maximum absolute atomic E-state index is 13.0. The molecule has 1 saturated heterocycles. The Morgan fingerprint density at radius 3 is 2.83 bits per heavy atom. The molecule has 0 radical (unpaired) electrons. The predicted octanol–water partition coefficient (Wildman–Crippen LogP) is -0.329. The van der Waals surface area contributed by atoms with Gasteiger partial charge in [-0.05, 0) is 0 Å².